The van der Waals surface area contributed by atoms with Crippen LogP contribution in [0.15, 0.2) is 0 Å². The van der Waals surface area contributed by atoms with Gasteiger partial charge in [-0.2, -0.15) is 16.8 Å². The predicted octanol–water partition coefficient (Wildman–Crippen LogP) is -0.633. The van der Waals surface area contributed by atoms with Gasteiger partial charge in [0.1, 0.15) is 6.10 Å². The molecule has 3 amide bonds. The fraction of sp³-hybridized carbons (Fsp3) is 0.727. The van der Waals surface area contributed by atoms with E-state index in [9.17, 15) is 14.4 Å². The van der Waals surface area contributed by atoms with Crippen LogP contribution in [0.4, 0.5) is 0 Å². The quantitative estimate of drug-likeness (QED) is 0.419. The van der Waals surface area contributed by atoms with Crippen molar-refractivity contribution < 1.29 is 19.1 Å². The summed E-state index contributed by atoms with van der Waals surface area (Å²) in [6.07, 6.45) is 1.54. The molecule has 0 bridgehead atoms. The molecular weight excluding hydrogens is 302 g/mol. The highest BCUT2D eigenvalue weighted by Crippen LogP contribution is 2.43. The molecule has 3 aliphatic heterocycles. The number of imide groups is 1. The molecule has 2 N–H and O–H groups in total. The van der Waals surface area contributed by atoms with Gasteiger partial charge in [-0.3, -0.25) is 14.4 Å². The van der Waals surface area contributed by atoms with Crippen molar-refractivity contribution >= 4 is 41.2 Å². The van der Waals surface area contributed by atoms with Gasteiger partial charge in [-0.15, -0.1) is 11.8 Å². The van der Waals surface area contributed by atoms with Gasteiger partial charge in [0.15, 0.2) is 6.23 Å². The molecular formula is C11H15N3O4S2. The van der Waals surface area contributed by atoms with E-state index < -0.39 is 11.5 Å². The molecule has 0 aliphatic carbocycles. The first-order valence-corrected chi connectivity index (χ1v) is 8.60. The smallest absolute Gasteiger partial charge is 0.262 e. The molecule has 7 nitrogen and oxygen atoms in total. The molecule has 0 radical (unpaired) electrons. The van der Waals surface area contributed by atoms with Crippen molar-refractivity contribution in [3.05, 3.63) is 0 Å². The fourth-order valence-electron chi connectivity index (χ4n) is 2.61. The SMILES string of the molecule is CSC1CC(=O)N(N2C(=O)CC(SCN)C3OC32)C1=O. The van der Waals surface area contributed by atoms with Crippen molar-refractivity contribution in [2.75, 3.05) is 12.1 Å². The number of hydrogen-bond donors (Lipinski definition) is 1. The van der Waals surface area contributed by atoms with Gasteiger partial charge in [-0.05, 0) is 6.26 Å². The minimum Gasteiger partial charge on any atom is -0.344 e. The maximum Gasteiger partial charge on any atom is 0.262 e. The molecule has 110 valence electrons. The van der Waals surface area contributed by atoms with Crippen LogP contribution in [0.2, 0.25) is 0 Å². The number of fused-ring (bicyclic) bond motifs is 1. The van der Waals surface area contributed by atoms with Crippen LogP contribution >= 0.6 is 23.5 Å². The zero-order valence-corrected chi connectivity index (χ0v) is 12.5. The second-order valence-electron chi connectivity index (χ2n) is 4.78. The topological polar surface area (TPSA) is 96.2 Å². The molecule has 3 heterocycles. The third-order valence-corrected chi connectivity index (χ3v) is 5.62. The molecule has 0 aromatic heterocycles. The third kappa shape index (κ3) is 2.12. The molecule has 3 rings (SSSR count). The summed E-state index contributed by atoms with van der Waals surface area (Å²) < 4.78 is 5.48. The van der Waals surface area contributed by atoms with Crippen LogP contribution in [-0.4, -0.2) is 62.7 Å². The number of carbonyl (C=O) groups excluding carboxylic acids is 3. The van der Waals surface area contributed by atoms with Crippen LogP contribution in [0, 0.1) is 0 Å². The molecule has 0 aromatic carbocycles. The van der Waals surface area contributed by atoms with E-state index >= 15 is 0 Å². The van der Waals surface area contributed by atoms with E-state index in [0.29, 0.717) is 5.88 Å². The first-order valence-electron chi connectivity index (χ1n) is 6.27. The molecule has 4 unspecified atom stereocenters. The lowest BCUT2D eigenvalue weighted by Gasteiger charge is -2.32. The number of hydrazine groups is 1. The Balaban J connectivity index is 1.77. The fourth-order valence-corrected chi connectivity index (χ4v) is 4.12. The Hall–Kier alpha value is -0.770. The molecule has 9 heteroatoms. The first kappa shape index (κ1) is 14.2. The molecule has 3 fully saturated rings. The first-order chi connectivity index (χ1) is 9.58. The maximum absolute atomic E-state index is 12.2. The molecule has 3 aliphatic rings. The highest BCUT2D eigenvalue weighted by molar-refractivity contribution is 8.00. The second-order valence-corrected chi connectivity index (χ2v) is 7.09. The molecule has 4 atom stereocenters. The van der Waals surface area contributed by atoms with E-state index in [4.69, 9.17) is 10.5 Å². The van der Waals surface area contributed by atoms with E-state index in [-0.39, 0.29) is 41.9 Å². The summed E-state index contributed by atoms with van der Waals surface area (Å²) in [7, 11) is 0. The van der Waals surface area contributed by atoms with E-state index in [1.54, 1.807) is 6.26 Å². The lowest BCUT2D eigenvalue weighted by atomic mass is 10.1. The van der Waals surface area contributed by atoms with E-state index in [0.717, 1.165) is 5.01 Å². The van der Waals surface area contributed by atoms with Crippen LogP contribution in [0.25, 0.3) is 0 Å². The van der Waals surface area contributed by atoms with E-state index in [1.165, 1.54) is 28.5 Å². The Kier molecular flexibility index (Phi) is 3.69. The van der Waals surface area contributed by atoms with Gasteiger partial charge in [0.05, 0.1) is 5.25 Å². The number of nitrogens with two attached hydrogens (primary N) is 1. The Bertz CT molecular complexity index is 475. The van der Waals surface area contributed by atoms with Gasteiger partial charge in [-0.25, -0.2) is 5.01 Å². The minimum atomic E-state index is -0.492. The summed E-state index contributed by atoms with van der Waals surface area (Å²) in [6, 6.07) is 0. The predicted molar refractivity (Wildman–Crippen MR) is 74.3 cm³/mol. The number of amides is 3. The number of hydrogen-bond acceptors (Lipinski definition) is 7. The van der Waals surface area contributed by atoms with Crippen LogP contribution in [0.3, 0.4) is 0 Å². The van der Waals surface area contributed by atoms with Crippen molar-refractivity contribution in [2.45, 2.75) is 35.7 Å². The summed E-state index contributed by atoms with van der Waals surface area (Å²) in [5.41, 5.74) is 5.48. The van der Waals surface area contributed by atoms with Crippen LogP contribution in [0.5, 0.6) is 0 Å². The van der Waals surface area contributed by atoms with Gasteiger partial charge >= 0.3 is 0 Å². The summed E-state index contributed by atoms with van der Waals surface area (Å²) in [6.45, 7) is 0. The standard InChI is InChI=1S/C11H15N3O4S2/c1-19-6-3-7(15)13(10(6)17)14-8(16)2-5(20-4-12)9-11(14)18-9/h5-6,9,11H,2-4,12H2,1H3. The highest BCUT2D eigenvalue weighted by atomic mass is 32.2. The molecule has 0 saturated carbocycles. The average Bonchev–Trinajstić information content (AvgIpc) is 3.14. The monoisotopic (exact) mass is 317 g/mol. The zero-order valence-electron chi connectivity index (χ0n) is 10.9. The number of nitrogens with zero attached hydrogens (tertiary/aromatic N) is 2. The van der Waals surface area contributed by atoms with Crippen LogP contribution < -0.4 is 5.73 Å². The largest absolute Gasteiger partial charge is 0.344 e. The summed E-state index contributed by atoms with van der Waals surface area (Å²) in [5, 5.41) is 1.80. The summed E-state index contributed by atoms with van der Waals surface area (Å²) >= 11 is 2.80. The molecule has 0 spiro atoms. The van der Waals surface area contributed by atoms with Crippen molar-refractivity contribution in [3.8, 4) is 0 Å². The normalized spacial score (nSPS) is 36.6. The Morgan fingerprint density at radius 3 is 2.65 bits per heavy atom. The Labute approximate surface area is 124 Å². The number of epoxide rings is 1. The second kappa shape index (κ2) is 5.21. The zero-order chi connectivity index (χ0) is 14.4. The minimum absolute atomic E-state index is 0.0119. The average molecular weight is 317 g/mol. The van der Waals surface area contributed by atoms with Gasteiger partial charge in [-0.1, -0.05) is 0 Å². The van der Waals surface area contributed by atoms with Gasteiger partial charge in [0, 0.05) is 24.0 Å². The molecule has 3 saturated heterocycles. The van der Waals surface area contributed by atoms with Crippen molar-refractivity contribution in [1.29, 1.82) is 0 Å². The number of ether oxygens (including phenoxy) is 1. The Morgan fingerprint density at radius 2 is 2.05 bits per heavy atom. The Morgan fingerprint density at radius 1 is 1.30 bits per heavy atom. The molecule has 20 heavy (non-hydrogen) atoms. The van der Waals surface area contributed by atoms with Gasteiger partial charge in [0.2, 0.25) is 11.8 Å². The lowest BCUT2D eigenvalue weighted by Crippen LogP contribution is -2.55. The van der Waals surface area contributed by atoms with Crippen molar-refractivity contribution in [1.82, 2.24) is 10.0 Å². The van der Waals surface area contributed by atoms with Gasteiger partial charge < -0.3 is 10.5 Å². The number of thioether (sulfide) groups is 2. The number of carbonyl (C=O) groups is 3. The number of rotatable bonds is 4. The highest BCUT2D eigenvalue weighted by Gasteiger charge is 2.60. The van der Waals surface area contributed by atoms with Crippen molar-refractivity contribution in [2.24, 2.45) is 5.73 Å². The number of piperidine rings is 1. The molecule has 0 aromatic rings. The van der Waals surface area contributed by atoms with Crippen LogP contribution in [-0.2, 0) is 19.1 Å². The van der Waals surface area contributed by atoms with Crippen molar-refractivity contribution in [3.63, 3.8) is 0 Å². The summed E-state index contributed by atoms with van der Waals surface area (Å²) in [5.74, 6) is -0.490. The van der Waals surface area contributed by atoms with E-state index in [1.807, 2.05) is 0 Å². The third-order valence-electron chi connectivity index (χ3n) is 3.63. The lowest BCUT2D eigenvalue weighted by molar-refractivity contribution is -0.173. The summed E-state index contributed by atoms with van der Waals surface area (Å²) in [4.78, 5) is 36.4. The van der Waals surface area contributed by atoms with Crippen LogP contribution in [0.1, 0.15) is 12.8 Å². The van der Waals surface area contributed by atoms with E-state index in [2.05, 4.69) is 0 Å². The maximum atomic E-state index is 12.2. The van der Waals surface area contributed by atoms with Gasteiger partial charge in [0.25, 0.3) is 5.91 Å².